The van der Waals surface area contributed by atoms with Gasteiger partial charge in [0.05, 0.1) is 0 Å². The molecule has 0 radical (unpaired) electrons. The Labute approximate surface area is 134 Å². The van der Waals surface area contributed by atoms with Gasteiger partial charge in [-0.05, 0) is 30.7 Å². The smallest absolute Gasteiger partial charge is 0.257 e. The summed E-state index contributed by atoms with van der Waals surface area (Å²) in [6.07, 6.45) is 0.546. The second kappa shape index (κ2) is 6.96. The highest BCUT2D eigenvalue weighted by Crippen LogP contribution is 2.16. The Morgan fingerprint density at radius 1 is 1.17 bits per heavy atom. The molecule has 0 saturated heterocycles. The molecule has 1 N–H and O–H groups in total. The predicted octanol–water partition coefficient (Wildman–Crippen LogP) is 2.87. The number of fused-ring (bicyclic) bond motifs is 1. The van der Waals surface area contributed by atoms with E-state index in [0.29, 0.717) is 18.9 Å². The lowest BCUT2D eigenvalue weighted by Gasteiger charge is -2.08. The van der Waals surface area contributed by atoms with Crippen LogP contribution in [0.3, 0.4) is 0 Å². The van der Waals surface area contributed by atoms with Crippen molar-refractivity contribution in [1.82, 2.24) is 10.3 Å². The van der Waals surface area contributed by atoms with E-state index in [9.17, 15) is 4.79 Å². The van der Waals surface area contributed by atoms with Crippen LogP contribution >= 0.6 is 0 Å². The van der Waals surface area contributed by atoms with E-state index in [4.69, 9.17) is 9.15 Å². The van der Waals surface area contributed by atoms with Crippen molar-refractivity contribution in [3.05, 3.63) is 60.0 Å². The molecule has 118 valence electrons. The fourth-order valence-corrected chi connectivity index (χ4v) is 2.25. The van der Waals surface area contributed by atoms with Crippen LogP contribution < -0.4 is 10.1 Å². The number of aryl methyl sites for hydroxylation is 1. The molecule has 3 rings (SSSR count). The Morgan fingerprint density at radius 2 is 1.96 bits per heavy atom. The van der Waals surface area contributed by atoms with E-state index in [0.717, 1.165) is 22.4 Å². The highest BCUT2D eigenvalue weighted by atomic mass is 16.5. The molecule has 1 heterocycles. The van der Waals surface area contributed by atoms with Crippen molar-refractivity contribution in [2.24, 2.45) is 0 Å². The molecule has 1 amide bonds. The molecule has 0 aliphatic rings. The number of nitrogens with one attached hydrogen (secondary N) is 1. The van der Waals surface area contributed by atoms with Crippen LogP contribution in [0.4, 0.5) is 0 Å². The van der Waals surface area contributed by atoms with Crippen molar-refractivity contribution >= 4 is 17.0 Å². The maximum atomic E-state index is 11.8. The SMILES string of the molecule is Cc1ccccc1OCC(=O)NCCc1nc2ccccc2o1. The van der Waals surface area contributed by atoms with Crippen LogP contribution in [-0.4, -0.2) is 24.0 Å². The van der Waals surface area contributed by atoms with Crippen molar-refractivity contribution in [2.75, 3.05) is 13.2 Å². The van der Waals surface area contributed by atoms with Crippen molar-refractivity contribution in [3.8, 4) is 5.75 Å². The van der Waals surface area contributed by atoms with Gasteiger partial charge >= 0.3 is 0 Å². The van der Waals surface area contributed by atoms with E-state index < -0.39 is 0 Å². The zero-order valence-electron chi connectivity index (χ0n) is 12.9. The third kappa shape index (κ3) is 3.88. The van der Waals surface area contributed by atoms with Gasteiger partial charge in [-0.3, -0.25) is 4.79 Å². The Bertz CT molecular complexity index is 778. The Balaban J connectivity index is 1.45. The molecule has 3 aromatic rings. The van der Waals surface area contributed by atoms with Crippen LogP contribution in [0, 0.1) is 6.92 Å². The van der Waals surface area contributed by atoms with E-state index in [1.54, 1.807) is 0 Å². The number of rotatable bonds is 6. The largest absolute Gasteiger partial charge is 0.484 e. The molecule has 0 bridgehead atoms. The summed E-state index contributed by atoms with van der Waals surface area (Å²) in [5.41, 5.74) is 2.60. The van der Waals surface area contributed by atoms with Gasteiger partial charge in [0.1, 0.15) is 11.3 Å². The van der Waals surface area contributed by atoms with Crippen LogP contribution in [0.1, 0.15) is 11.5 Å². The van der Waals surface area contributed by atoms with E-state index in [1.807, 2.05) is 55.5 Å². The number of benzene rings is 2. The molecule has 5 nitrogen and oxygen atoms in total. The Hall–Kier alpha value is -2.82. The maximum absolute atomic E-state index is 11.8. The first-order valence-electron chi connectivity index (χ1n) is 7.52. The van der Waals surface area contributed by atoms with Gasteiger partial charge in [0.25, 0.3) is 5.91 Å². The number of amides is 1. The van der Waals surface area contributed by atoms with Crippen LogP contribution in [0.15, 0.2) is 52.9 Å². The molecule has 5 heteroatoms. The average molecular weight is 310 g/mol. The molecule has 23 heavy (non-hydrogen) atoms. The summed E-state index contributed by atoms with van der Waals surface area (Å²) < 4.78 is 11.1. The molecule has 0 unspecified atom stereocenters. The number of nitrogens with zero attached hydrogens (tertiary/aromatic N) is 1. The minimum Gasteiger partial charge on any atom is -0.484 e. The molecule has 0 aliphatic heterocycles. The van der Waals surface area contributed by atoms with Gasteiger partial charge in [0, 0.05) is 13.0 Å². The summed E-state index contributed by atoms with van der Waals surface area (Å²) in [5.74, 6) is 1.18. The van der Waals surface area contributed by atoms with Gasteiger partial charge in [-0.1, -0.05) is 30.3 Å². The first-order chi connectivity index (χ1) is 11.2. The van der Waals surface area contributed by atoms with Gasteiger partial charge in [-0.15, -0.1) is 0 Å². The van der Waals surface area contributed by atoms with Crippen LogP contribution in [-0.2, 0) is 11.2 Å². The fourth-order valence-electron chi connectivity index (χ4n) is 2.25. The number of carbonyl (C=O) groups excluding carboxylic acids is 1. The number of ether oxygens (including phenoxy) is 1. The van der Waals surface area contributed by atoms with Gasteiger partial charge in [0.2, 0.25) is 0 Å². The summed E-state index contributed by atoms with van der Waals surface area (Å²) in [7, 11) is 0. The monoisotopic (exact) mass is 310 g/mol. The summed E-state index contributed by atoms with van der Waals surface area (Å²) in [6.45, 7) is 2.40. The standard InChI is InChI=1S/C18H18N2O3/c1-13-6-2-4-8-15(13)22-12-17(21)19-11-10-18-20-14-7-3-5-9-16(14)23-18/h2-9H,10-12H2,1H3,(H,19,21). The first kappa shape index (κ1) is 15.1. The minimum absolute atomic E-state index is 0.00158. The molecule has 2 aromatic carbocycles. The molecule has 0 spiro atoms. The third-order valence-electron chi connectivity index (χ3n) is 3.45. The van der Waals surface area contributed by atoms with Crippen molar-refractivity contribution in [1.29, 1.82) is 0 Å². The predicted molar refractivity (Wildman–Crippen MR) is 87.4 cm³/mol. The zero-order valence-corrected chi connectivity index (χ0v) is 12.9. The number of carbonyl (C=O) groups is 1. The van der Waals surface area contributed by atoms with Gasteiger partial charge in [-0.2, -0.15) is 0 Å². The van der Waals surface area contributed by atoms with Crippen molar-refractivity contribution < 1.29 is 13.9 Å². The van der Waals surface area contributed by atoms with E-state index in [-0.39, 0.29) is 12.5 Å². The lowest BCUT2D eigenvalue weighted by Crippen LogP contribution is -2.30. The van der Waals surface area contributed by atoms with Crippen molar-refractivity contribution in [2.45, 2.75) is 13.3 Å². The number of oxazole rings is 1. The van der Waals surface area contributed by atoms with E-state index in [2.05, 4.69) is 10.3 Å². The van der Waals surface area contributed by atoms with Crippen LogP contribution in [0.25, 0.3) is 11.1 Å². The van der Waals surface area contributed by atoms with E-state index in [1.165, 1.54) is 0 Å². The van der Waals surface area contributed by atoms with Gasteiger partial charge in [-0.25, -0.2) is 4.98 Å². The molecule has 0 aliphatic carbocycles. The molecular weight excluding hydrogens is 292 g/mol. The molecule has 1 aromatic heterocycles. The second-order valence-corrected chi connectivity index (χ2v) is 5.23. The maximum Gasteiger partial charge on any atom is 0.257 e. The summed E-state index contributed by atoms with van der Waals surface area (Å²) >= 11 is 0. The number of aromatic nitrogens is 1. The molecule has 0 fully saturated rings. The Morgan fingerprint density at radius 3 is 2.78 bits per heavy atom. The summed E-state index contributed by atoms with van der Waals surface area (Å²) in [5, 5.41) is 2.80. The highest BCUT2D eigenvalue weighted by molar-refractivity contribution is 5.77. The fraction of sp³-hybridized carbons (Fsp3) is 0.222. The average Bonchev–Trinajstić information content (AvgIpc) is 2.97. The lowest BCUT2D eigenvalue weighted by molar-refractivity contribution is -0.123. The zero-order chi connectivity index (χ0) is 16.1. The summed E-state index contributed by atoms with van der Waals surface area (Å²) in [4.78, 5) is 16.2. The first-order valence-corrected chi connectivity index (χ1v) is 7.52. The number of para-hydroxylation sites is 3. The quantitative estimate of drug-likeness (QED) is 0.760. The third-order valence-corrected chi connectivity index (χ3v) is 3.45. The van der Waals surface area contributed by atoms with Gasteiger partial charge in [0.15, 0.2) is 18.1 Å². The van der Waals surface area contributed by atoms with Crippen LogP contribution in [0.5, 0.6) is 5.75 Å². The summed E-state index contributed by atoms with van der Waals surface area (Å²) in [6, 6.07) is 15.2. The number of hydrogen-bond acceptors (Lipinski definition) is 4. The lowest BCUT2D eigenvalue weighted by atomic mass is 10.2. The molecular formula is C18H18N2O3. The topological polar surface area (TPSA) is 64.4 Å². The normalized spacial score (nSPS) is 10.7. The minimum atomic E-state index is -0.163. The molecule has 0 atom stereocenters. The molecule has 0 saturated carbocycles. The second-order valence-electron chi connectivity index (χ2n) is 5.23. The van der Waals surface area contributed by atoms with Crippen LogP contribution in [0.2, 0.25) is 0 Å². The van der Waals surface area contributed by atoms with Crippen molar-refractivity contribution in [3.63, 3.8) is 0 Å². The highest BCUT2D eigenvalue weighted by Gasteiger charge is 2.07. The van der Waals surface area contributed by atoms with E-state index >= 15 is 0 Å². The number of hydrogen-bond donors (Lipinski definition) is 1. The Kier molecular flexibility index (Phi) is 4.57. The van der Waals surface area contributed by atoms with Gasteiger partial charge < -0.3 is 14.5 Å².